The Balaban J connectivity index is 1.51. The number of para-hydroxylation sites is 1. The van der Waals surface area contributed by atoms with E-state index in [1.54, 1.807) is 6.20 Å². The van der Waals surface area contributed by atoms with Crippen LogP contribution >= 0.6 is 0 Å². The van der Waals surface area contributed by atoms with Gasteiger partial charge in [0.2, 0.25) is 17.8 Å². The number of rotatable bonds is 6. The molecule has 2 atom stereocenters. The summed E-state index contributed by atoms with van der Waals surface area (Å²) in [5, 5.41) is 6.23. The van der Waals surface area contributed by atoms with Gasteiger partial charge in [-0.05, 0) is 57.6 Å². The van der Waals surface area contributed by atoms with Crippen LogP contribution in [0.3, 0.4) is 0 Å². The van der Waals surface area contributed by atoms with Crippen molar-refractivity contribution >= 4 is 34.7 Å². The number of halogens is 2. The summed E-state index contributed by atoms with van der Waals surface area (Å²) in [5.74, 6) is -1.18. The third-order valence-electron chi connectivity index (χ3n) is 6.91. The van der Waals surface area contributed by atoms with Crippen molar-refractivity contribution in [3.63, 3.8) is 0 Å². The Morgan fingerprint density at radius 3 is 2.57 bits per heavy atom. The molecular formula is C24H29F2N7O2. The molecular weight excluding hydrogens is 456 g/mol. The molecule has 0 bridgehead atoms. The fraction of sp³-hybridized carbons (Fsp3) is 0.500. The SMILES string of the molecule is C[C@@H]1C[C@H](Nc2ncc3nc(Nc4c(F)cccc4F)n(C4CCC(C(N)=O)CC4)c3n2)CCO1. The topological polar surface area (TPSA) is 120 Å². The molecule has 5 rings (SSSR count). The van der Waals surface area contributed by atoms with E-state index in [9.17, 15) is 13.6 Å². The molecule has 1 amide bonds. The van der Waals surface area contributed by atoms with Crippen molar-refractivity contribution in [3.05, 3.63) is 36.0 Å². The van der Waals surface area contributed by atoms with E-state index in [1.165, 1.54) is 18.2 Å². The number of amides is 1. The van der Waals surface area contributed by atoms with Crippen LogP contribution in [0.25, 0.3) is 11.2 Å². The normalized spacial score (nSPS) is 24.9. The summed E-state index contributed by atoms with van der Waals surface area (Å²) < 4.78 is 36.3. The average molecular weight is 486 g/mol. The highest BCUT2D eigenvalue weighted by Crippen LogP contribution is 2.37. The van der Waals surface area contributed by atoms with Gasteiger partial charge in [-0.1, -0.05) is 6.07 Å². The second-order valence-corrected chi connectivity index (χ2v) is 9.38. The highest BCUT2D eigenvalue weighted by Gasteiger charge is 2.30. The number of anilines is 3. The fourth-order valence-electron chi connectivity index (χ4n) is 5.05. The predicted octanol–water partition coefficient (Wildman–Crippen LogP) is 4.04. The van der Waals surface area contributed by atoms with Gasteiger partial charge in [-0.3, -0.25) is 9.36 Å². The van der Waals surface area contributed by atoms with Crippen LogP contribution in [0.4, 0.5) is 26.4 Å². The highest BCUT2D eigenvalue weighted by molar-refractivity contribution is 5.78. The van der Waals surface area contributed by atoms with E-state index in [2.05, 4.69) is 20.6 Å². The zero-order valence-corrected chi connectivity index (χ0v) is 19.5. The number of carbonyl (C=O) groups is 1. The van der Waals surface area contributed by atoms with Crippen molar-refractivity contribution in [3.8, 4) is 0 Å². The first-order valence-electron chi connectivity index (χ1n) is 12.0. The van der Waals surface area contributed by atoms with Crippen LogP contribution in [-0.4, -0.2) is 44.2 Å². The first-order chi connectivity index (χ1) is 16.9. The number of nitrogens with one attached hydrogen (secondary N) is 2. The molecule has 0 unspecified atom stereocenters. The lowest BCUT2D eigenvalue weighted by molar-refractivity contribution is -0.122. The number of fused-ring (bicyclic) bond motifs is 1. The Kier molecular flexibility index (Phi) is 6.50. The second-order valence-electron chi connectivity index (χ2n) is 9.38. The molecule has 0 spiro atoms. The van der Waals surface area contributed by atoms with Gasteiger partial charge in [0.05, 0.1) is 12.3 Å². The molecule has 35 heavy (non-hydrogen) atoms. The lowest BCUT2D eigenvalue weighted by Crippen LogP contribution is -2.33. The van der Waals surface area contributed by atoms with E-state index in [0.29, 0.717) is 49.4 Å². The minimum absolute atomic E-state index is 0.0706. The van der Waals surface area contributed by atoms with Gasteiger partial charge in [0.25, 0.3) is 0 Å². The minimum atomic E-state index is -0.719. The van der Waals surface area contributed by atoms with Gasteiger partial charge in [-0.2, -0.15) is 4.98 Å². The largest absolute Gasteiger partial charge is 0.378 e. The number of nitrogens with zero attached hydrogens (tertiary/aromatic N) is 4. The zero-order chi connectivity index (χ0) is 24.5. The predicted molar refractivity (Wildman–Crippen MR) is 127 cm³/mol. The van der Waals surface area contributed by atoms with Crippen molar-refractivity contribution < 1.29 is 18.3 Å². The van der Waals surface area contributed by atoms with Crippen molar-refractivity contribution in [1.82, 2.24) is 19.5 Å². The van der Waals surface area contributed by atoms with Crippen LogP contribution in [0, 0.1) is 17.6 Å². The van der Waals surface area contributed by atoms with Gasteiger partial charge in [-0.15, -0.1) is 0 Å². The minimum Gasteiger partial charge on any atom is -0.378 e. The first kappa shape index (κ1) is 23.4. The molecule has 1 aliphatic carbocycles. The standard InChI is InChI=1S/C24H29F2N7O2/c1-13-11-15(9-10-35-13)29-23-28-12-19-22(32-23)33(16-7-5-14(6-8-16)21(27)34)24(30-19)31-20-17(25)3-2-4-18(20)26/h2-4,12-16H,5-11H2,1H3,(H2,27,34)(H,30,31)(H,28,29,32)/t13-,14?,15-,16?/m1/s1. The lowest BCUT2D eigenvalue weighted by atomic mass is 9.85. The van der Waals surface area contributed by atoms with Crippen LogP contribution in [0.5, 0.6) is 0 Å². The number of ether oxygens (including phenoxy) is 1. The van der Waals surface area contributed by atoms with Gasteiger partial charge in [0, 0.05) is 24.6 Å². The second kappa shape index (κ2) is 9.73. The van der Waals surface area contributed by atoms with Gasteiger partial charge in [-0.25, -0.2) is 18.7 Å². The molecule has 4 N–H and O–H groups in total. The van der Waals surface area contributed by atoms with E-state index in [0.717, 1.165) is 12.8 Å². The van der Waals surface area contributed by atoms with E-state index in [-0.39, 0.29) is 41.6 Å². The number of nitrogens with two attached hydrogens (primary N) is 1. The van der Waals surface area contributed by atoms with Gasteiger partial charge >= 0.3 is 0 Å². The van der Waals surface area contributed by atoms with E-state index < -0.39 is 11.6 Å². The molecule has 2 aliphatic rings. The average Bonchev–Trinajstić information content (AvgIpc) is 3.19. The smallest absolute Gasteiger partial charge is 0.224 e. The Bertz CT molecular complexity index is 1210. The Hall–Kier alpha value is -3.34. The third-order valence-corrected chi connectivity index (χ3v) is 6.91. The fourth-order valence-corrected chi connectivity index (χ4v) is 5.05. The number of benzene rings is 1. The third kappa shape index (κ3) is 4.90. The molecule has 186 valence electrons. The first-order valence-corrected chi connectivity index (χ1v) is 12.0. The Morgan fingerprint density at radius 1 is 1.14 bits per heavy atom. The van der Waals surface area contributed by atoms with Crippen molar-refractivity contribution in [2.75, 3.05) is 17.2 Å². The molecule has 2 aromatic heterocycles. The van der Waals surface area contributed by atoms with Crippen molar-refractivity contribution in [2.45, 2.75) is 63.6 Å². The van der Waals surface area contributed by atoms with Crippen LogP contribution in [-0.2, 0) is 9.53 Å². The van der Waals surface area contributed by atoms with Gasteiger partial charge in [0.1, 0.15) is 22.8 Å². The number of hydrogen-bond acceptors (Lipinski definition) is 7. The number of carbonyl (C=O) groups excluding carboxylic acids is 1. The quantitative estimate of drug-likeness (QED) is 0.482. The summed E-state index contributed by atoms with van der Waals surface area (Å²) in [5.41, 5.74) is 6.30. The molecule has 2 fully saturated rings. The zero-order valence-electron chi connectivity index (χ0n) is 19.5. The van der Waals surface area contributed by atoms with Crippen LogP contribution in [0.1, 0.15) is 51.5 Å². The molecule has 1 saturated heterocycles. The van der Waals surface area contributed by atoms with Crippen LogP contribution in [0.15, 0.2) is 24.4 Å². The number of aromatic nitrogens is 4. The maximum atomic E-state index is 14.4. The summed E-state index contributed by atoms with van der Waals surface area (Å²) in [6.07, 6.45) is 6.05. The highest BCUT2D eigenvalue weighted by atomic mass is 19.1. The number of hydrogen-bond donors (Lipinski definition) is 3. The summed E-state index contributed by atoms with van der Waals surface area (Å²) >= 11 is 0. The van der Waals surface area contributed by atoms with Crippen molar-refractivity contribution in [1.29, 1.82) is 0 Å². The maximum Gasteiger partial charge on any atom is 0.224 e. The molecule has 1 aliphatic heterocycles. The lowest BCUT2D eigenvalue weighted by Gasteiger charge is -2.29. The number of primary amides is 1. The monoisotopic (exact) mass is 485 g/mol. The van der Waals surface area contributed by atoms with Crippen LogP contribution in [0.2, 0.25) is 0 Å². The Morgan fingerprint density at radius 2 is 1.89 bits per heavy atom. The van der Waals surface area contributed by atoms with E-state index >= 15 is 0 Å². The molecule has 11 heteroatoms. The Labute approximate surface area is 201 Å². The maximum absolute atomic E-state index is 14.4. The summed E-state index contributed by atoms with van der Waals surface area (Å²) in [4.78, 5) is 25.4. The van der Waals surface area contributed by atoms with E-state index in [1.807, 2.05) is 11.5 Å². The summed E-state index contributed by atoms with van der Waals surface area (Å²) in [6.45, 7) is 2.71. The summed E-state index contributed by atoms with van der Waals surface area (Å²) in [7, 11) is 0. The molecule has 1 saturated carbocycles. The van der Waals surface area contributed by atoms with Gasteiger partial charge < -0.3 is 21.1 Å². The van der Waals surface area contributed by atoms with E-state index in [4.69, 9.17) is 15.5 Å². The molecule has 0 radical (unpaired) electrons. The van der Waals surface area contributed by atoms with Crippen molar-refractivity contribution in [2.24, 2.45) is 11.7 Å². The van der Waals surface area contributed by atoms with Gasteiger partial charge in [0.15, 0.2) is 5.65 Å². The van der Waals surface area contributed by atoms with Crippen LogP contribution < -0.4 is 16.4 Å². The molecule has 1 aromatic carbocycles. The summed E-state index contributed by atoms with van der Waals surface area (Å²) in [6, 6.07) is 3.80. The number of imidazole rings is 1. The molecule has 9 nitrogen and oxygen atoms in total. The molecule has 3 aromatic rings. The molecule has 3 heterocycles.